The lowest BCUT2D eigenvalue weighted by Gasteiger charge is -2.64. The molecule has 2 aliphatic heterocycles. The second kappa shape index (κ2) is 13.1. The number of epoxide rings is 1. The molecular weight excluding hydrogens is 584 g/mol. The number of esters is 5. The summed E-state index contributed by atoms with van der Waals surface area (Å²) >= 11 is 0. The number of carbonyl (C=O) groups is 5. The molecule has 2 aliphatic carbocycles. The van der Waals surface area contributed by atoms with E-state index in [0.717, 1.165) is 0 Å². The van der Waals surface area contributed by atoms with E-state index in [4.69, 9.17) is 28.4 Å². The smallest absolute Gasteiger partial charge is 0.333 e. The van der Waals surface area contributed by atoms with Crippen LogP contribution in [0.15, 0.2) is 34.9 Å². The van der Waals surface area contributed by atoms with Crippen LogP contribution in [0.5, 0.6) is 0 Å². The van der Waals surface area contributed by atoms with Crippen molar-refractivity contribution in [1.82, 2.24) is 0 Å². The Labute approximate surface area is 264 Å². The van der Waals surface area contributed by atoms with Crippen LogP contribution in [-0.4, -0.2) is 73.6 Å². The fourth-order valence-electron chi connectivity index (χ4n) is 7.76. The van der Waals surface area contributed by atoms with Gasteiger partial charge in [-0.15, -0.1) is 0 Å². The van der Waals surface area contributed by atoms with Crippen LogP contribution in [0, 0.1) is 22.7 Å². The fraction of sp³-hybridized carbons (Fsp3) is 0.676. The topological polar surface area (TPSA) is 144 Å². The monoisotopic (exact) mass is 630 g/mol. The van der Waals surface area contributed by atoms with Crippen LogP contribution in [0.25, 0.3) is 0 Å². The van der Waals surface area contributed by atoms with Gasteiger partial charge in [-0.1, -0.05) is 26.0 Å². The maximum Gasteiger partial charge on any atom is 0.333 e. The Bertz CT molecular complexity index is 1320. The number of hydrogen-bond acceptors (Lipinski definition) is 11. The van der Waals surface area contributed by atoms with Crippen LogP contribution in [0.3, 0.4) is 0 Å². The van der Waals surface area contributed by atoms with Gasteiger partial charge in [-0.25, -0.2) is 14.4 Å². The summed E-state index contributed by atoms with van der Waals surface area (Å²) in [5, 5.41) is 0. The van der Waals surface area contributed by atoms with E-state index in [0.29, 0.717) is 42.6 Å². The number of rotatable bonds is 10. The van der Waals surface area contributed by atoms with Crippen LogP contribution >= 0.6 is 0 Å². The van der Waals surface area contributed by atoms with Gasteiger partial charge in [-0.2, -0.15) is 0 Å². The van der Waals surface area contributed by atoms with Gasteiger partial charge in [-0.3, -0.25) is 9.59 Å². The van der Waals surface area contributed by atoms with E-state index in [1.165, 1.54) is 19.9 Å². The third-order valence-electron chi connectivity index (χ3n) is 10.6. The third kappa shape index (κ3) is 6.46. The molecule has 11 heteroatoms. The van der Waals surface area contributed by atoms with Crippen LogP contribution < -0.4 is 0 Å². The number of fused-ring (bicyclic) bond motifs is 2. The van der Waals surface area contributed by atoms with Crippen molar-refractivity contribution in [1.29, 1.82) is 0 Å². The largest absolute Gasteiger partial charge is 0.465 e. The van der Waals surface area contributed by atoms with Crippen molar-refractivity contribution in [3.8, 4) is 0 Å². The fourth-order valence-corrected chi connectivity index (χ4v) is 7.76. The van der Waals surface area contributed by atoms with Crippen molar-refractivity contribution in [3.63, 3.8) is 0 Å². The van der Waals surface area contributed by atoms with Gasteiger partial charge in [0.25, 0.3) is 0 Å². The first-order valence-corrected chi connectivity index (χ1v) is 15.6. The molecule has 1 saturated heterocycles. The van der Waals surface area contributed by atoms with Crippen LogP contribution in [0.2, 0.25) is 0 Å². The number of ether oxygens (including phenoxy) is 6. The first-order valence-electron chi connectivity index (χ1n) is 15.6. The van der Waals surface area contributed by atoms with Crippen molar-refractivity contribution in [2.75, 3.05) is 19.8 Å². The molecule has 248 valence electrons. The lowest BCUT2D eigenvalue weighted by Crippen LogP contribution is -2.71. The van der Waals surface area contributed by atoms with Gasteiger partial charge >= 0.3 is 29.8 Å². The van der Waals surface area contributed by atoms with E-state index < -0.39 is 70.5 Å². The summed E-state index contributed by atoms with van der Waals surface area (Å²) in [4.78, 5) is 63.5. The molecule has 45 heavy (non-hydrogen) atoms. The van der Waals surface area contributed by atoms with Crippen molar-refractivity contribution < 1.29 is 52.4 Å². The Kier molecular flexibility index (Phi) is 10.0. The van der Waals surface area contributed by atoms with Gasteiger partial charge in [0, 0.05) is 42.6 Å². The Morgan fingerprint density at radius 1 is 1.02 bits per heavy atom. The molecule has 4 rings (SSSR count). The van der Waals surface area contributed by atoms with Gasteiger partial charge in [0.15, 0.2) is 0 Å². The second-order valence-electron chi connectivity index (χ2n) is 13.2. The molecule has 2 saturated carbocycles. The summed E-state index contributed by atoms with van der Waals surface area (Å²) in [5.41, 5.74) is -1.32. The predicted molar refractivity (Wildman–Crippen MR) is 160 cm³/mol. The predicted octanol–water partition coefficient (Wildman–Crippen LogP) is 4.32. The highest BCUT2D eigenvalue weighted by molar-refractivity contribution is 5.89. The maximum absolute atomic E-state index is 13.3. The number of cyclic esters (lactones) is 1. The summed E-state index contributed by atoms with van der Waals surface area (Å²) in [6.07, 6.45) is 3.98. The average Bonchev–Trinajstić information content (AvgIpc) is 3.64. The molecule has 0 bridgehead atoms. The van der Waals surface area contributed by atoms with E-state index >= 15 is 0 Å². The van der Waals surface area contributed by atoms with Crippen molar-refractivity contribution in [2.45, 2.75) is 105 Å². The van der Waals surface area contributed by atoms with Crippen molar-refractivity contribution in [2.24, 2.45) is 22.7 Å². The molecule has 3 fully saturated rings. The molecule has 4 aliphatic rings. The van der Waals surface area contributed by atoms with Crippen LogP contribution in [-0.2, 0) is 52.4 Å². The molecule has 0 aromatic carbocycles. The number of allylic oxidation sites excluding steroid dienone is 2. The third-order valence-corrected chi connectivity index (χ3v) is 10.6. The van der Waals surface area contributed by atoms with Crippen molar-refractivity contribution in [3.05, 3.63) is 34.9 Å². The number of carbonyl (C=O) groups excluding carboxylic acids is 5. The molecule has 0 unspecified atom stereocenters. The minimum absolute atomic E-state index is 0.0264. The molecule has 1 spiro atoms. The van der Waals surface area contributed by atoms with E-state index in [1.807, 2.05) is 13.8 Å². The summed E-state index contributed by atoms with van der Waals surface area (Å²) in [5.74, 6) is -3.29. The Balaban J connectivity index is 1.91. The van der Waals surface area contributed by atoms with Crippen LogP contribution in [0.1, 0.15) is 81.1 Å². The summed E-state index contributed by atoms with van der Waals surface area (Å²) in [7, 11) is 0. The van der Waals surface area contributed by atoms with Crippen molar-refractivity contribution >= 4 is 29.8 Å². The number of hydrogen-bond donors (Lipinski definition) is 0. The standard InChI is InChI=1S/C34H46O11/c1-9-19(3)30(38)44-25-11-12-33(17-42-33)34(18-41-22(6)35)27(43-23(7)36)13-21(5)32(8,29(25)34)15-26(24-14-28(37)40-16-24)45-31(39)20(4)10-2/h9-10,14,21,25-27,29H,11-13,15-18H2,1-8H3/b19-9-,20-10-/t21-,25-,26+,27+,29-,32+,33+,34-/m1/s1. The first kappa shape index (κ1) is 34.4. The SMILES string of the molecule is C/C=C(/C)C(=O)O[C@@H](C[C@@]1(C)[C@H](C)C[C@H](OC(C)=O)[C@]2(COC(C)=O)[C@@H]1[C@H](OC(=O)/C(C)=C\C)CC[C@]21CO1)C1=CC(=O)OC1. The van der Waals surface area contributed by atoms with E-state index in [1.54, 1.807) is 39.8 Å². The lowest BCUT2D eigenvalue weighted by atomic mass is 9.42. The summed E-state index contributed by atoms with van der Waals surface area (Å²) in [6.45, 7) is 13.7. The zero-order chi connectivity index (χ0) is 33.3. The highest BCUT2D eigenvalue weighted by atomic mass is 16.6. The van der Waals surface area contributed by atoms with Gasteiger partial charge in [-0.05, 0) is 64.7 Å². The van der Waals surface area contributed by atoms with Crippen LogP contribution in [0.4, 0.5) is 0 Å². The van der Waals surface area contributed by atoms with Gasteiger partial charge in [0.2, 0.25) is 0 Å². The minimum Gasteiger partial charge on any atom is -0.465 e. The molecule has 0 aromatic heterocycles. The van der Waals surface area contributed by atoms with E-state index in [2.05, 4.69) is 0 Å². The minimum atomic E-state index is -1.09. The molecule has 0 N–H and O–H groups in total. The highest BCUT2D eigenvalue weighted by Crippen LogP contribution is 2.70. The zero-order valence-electron chi connectivity index (χ0n) is 27.6. The molecular formula is C34H46O11. The normalized spacial score (nSPS) is 35.0. The van der Waals surface area contributed by atoms with Gasteiger partial charge in [0.05, 0.1) is 12.0 Å². The quantitative estimate of drug-likeness (QED) is 0.147. The van der Waals surface area contributed by atoms with Gasteiger partial charge < -0.3 is 28.4 Å². The maximum atomic E-state index is 13.3. The summed E-state index contributed by atoms with van der Waals surface area (Å²) in [6, 6.07) is 0. The average molecular weight is 631 g/mol. The van der Waals surface area contributed by atoms with E-state index in [-0.39, 0.29) is 25.6 Å². The second-order valence-corrected chi connectivity index (χ2v) is 13.2. The molecule has 2 heterocycles. The zero-order valence-corrected chi connectivity index (χ0v) is 27.6. The van der Waals surface area contributed by atoms with E-state index in [9.17, 15) is 24.0 Å². The molecule has 0 aromatic rings. The van der Waals surface area contributed by atoms with Gasteiger partial charge in [0.1, 0.15) is 37.1 Å². The highest BCUT2D eigenvalue weighted by Gasteiger charge is 2.77. The Morgan fingerprint density at radius 2 is 1.67 bits per heavy atom. The first-order chi connectivity index (χ1) is 21.1. The molecule has 0 radical (unpaired) electrons. The molecule has 0 amide bonds. The molecule has 8 atom stereocenters. The Morgan fingerprint density at radius 3 is 2.20 bits per heavy atom. The molecule has 11 nitrogen and oxygen atoms in total. The lowest BCUT2D eigenvalue weighted by molar-refractivity contribution is -0.258. The summed E-state index contributed by atoms with van der Waals surface area (Å²) < 4.78 is 35.6. The Hall–Kier alpha value is -3.47.